The number of methoxy groups -OCH3 is 2. The van der Waals surface area contributed by atoms with Crippen LogP contribution in [0, 0.1) is 5.92 Å². The molecule has 0 aromatic rings. The maximum Gasteiger partial charge on any atom is 0.234 e. The number of rotatable bonds is 11. The second-order valence-corrected chi connectivity index (χ2v) is 4.76. The Kier molecular flexibility index (Phi) is 11.3. The van der Waals surface area contributed by atoms with E-state index in [9.17, 15) is 9.59 Å². The van der Waals surface area contributed by atoms with Gasteiger partial charge in [-0.3, -0.25) is 14.5 Å². The number of hydrogen-bond donors (Lipinski definition) is 0. The number of halogens is 1. The number of nitrogens with zero attached hydrogens (tertiary/aromatic N) is 1. The molecule has 5 nitrogen and oxygen atoms in total. The minimum atomic E-state index is -0.254. The van der Waals surface area contributed by atoms with Crippen molar-refractivity contribution >= 4 is 28.2 Å². The molecule has 2 amide bonds. The maximum atomic E-state index is 12.1. The summed E-state index contributed by atoms with van der Waals surface area (Å²) in [5, 5.41) is 0.919. The maximum absolute atomic E-state index is 12.1. The van der Waals surface area contributed by atoms with E-state index in [0.717, 1.165) is 24.6 Å². The molecule has 0 aliphatic rings. The first-order valence-corrected chi connectivity index (χ1v) is 7.13. The van der Waals surface area contributed by atoms with Gasteiger partial charge in [0, 0.05) is 19.5 Å². The van der Waals surface area contributed by atoms with Crippen LogP contribution in [0.2, 0.25) is 0 Å². The fourth-order valence-electron chi connectivity index (χ4n) is 1.60. The Hall–Kier alpha value is -0.460. The van der Waals surface area contributed by atoms with Gasteiger partial charge in [0.15, 0.2) is 0 Å². The topological polar surface area (TPSA) is 55.8 Å². The molecule has 0 N–H and O–H groups in total. The van der Waals surface area contributed by atoms with Crippen LogP contribution in [-0.4, -0.2) is 56.5 Å². The third kappa shape index (κ3) is 7.08. The zero-order valence-electron chi connectivity index (χ0n) is 11.1. The van der Waals surface area contributed by atoms with Crippen molar-refractivity contribution in [2.24, 2.45) is 5.92 Å². The lowest BCUT2D eigenvalue weighted by molar-refractivity contribution is -0.143. The van der Waals surface area contributed by atoms with E-state index in [0.29, 0.717) is 19.6 Å². The molecule has 0 aliphatic carbocycles. The molecule has 0 unspecified atom stereocenters. The van der Waals surface area contributed by atoms with Gasteiger partial charge in [-0.25, -0.2) is 0 Å². The summed E-state index contributed by atoms with van der Waals surface area (Å²) in [6.07, 6.45) is 3.23. The third-order valence-corrected chi connectivity index (χ3v) is 3.16. The molecule has 0 bridgehead atoms. The number of hydrogen-bond acceptors (Lipinski definition) is 4. The fraction of sp³-hybridized carbons (Fsp3) is 0.833. The number of carbonyl (C=O) groups is 2. The van der Waals surface area contributed by atoms with Crippen molar-refractivity contribution in [1.82, 2.24) is 4.90 Å². The van der Waals surface area contributed by atoms with Crippen LogP contribution in [-0.2, 0) is 19.1 Å². The molecular weight excluding hydrogens is 302 g/mol. The van der Waals surface area contributed by atoms with Gasteiger partial charge in [-0.05, 0) is 12.8 Å². The molecule has 0 aliphatic heterocycles. The van der Waals surface area contributed by atoms with Crippen LogP contribution in [0.4, 0.5) is 0 Å². The van der Waals surface area contributed by atoms with Gasteiger partial charge in [-0.15, -0.1) is 0 Å². The second-order valence-electron chi connectivity index (χ2n) is 3.97. The molecule has 0 saturated carbocycles. The SMILES string of the molecule is COCCN(C=O)C(=O)[C@H](CCCCBr)COC. The second kappa shape index (κ2) is 11.6. The Bertz CT molecular complexity index is 238. The Morgan fingerprint density at radius 3 is 2.56 bits per heavy atom. The summed E-state index contributed by atoms with van der Waals surface area (Å²) in [7, 11) is 3.10. The summed E-state index contributed by atoms with van der Waals surface area (Å²) in [4.78, 5) is 24.2. The number of unbranched alkanes of at least 4 members (excludes halogenated alkanes) is 1. The lowest BCUT2D eigenvalue weighted by atomic mass is 10.0. The van der Waals surface area contributed by atoms with E-state index in [1.807, 2.05) is 0 Å². The van der Waals surface area contributed by atoms with Crippen molar-refractivity contribution in [2.75, 3.05) is 39.3 Å². The van der Waals surface area contributed by atoms with Crippen LogP contribution in [0.1, 0.15) is 19.3 Å². The highest BCUT2D eigenvalue weighted by molar-refractivity contribution is 9.09. The Balaban J connectivity index is 4.35. The van der Waals surface area contributed by atoms with Crippen LogP contribution >= 0.6 is 15.9 Å². The summed E-state index contributed by atoms with van der Waals surface area (Å²) >= 11 is 3.35. The standard InChI is InChI=1S/C12H22BrNO4/c1-17-8-7-14(10-15)12(16)11(9-18-2)5-3-4-6-13/h10-11H,3-9H2,1-2H3/t11-/m1/s1. The van der Waals surface area contributed by atoms with E-state index >= 15 is 0 Å². The Morgan fingerprint density at radius 1 is 1.33 bits per heavy atom. The minimum absolute atomic E-state index is 0.182. The van der Waals surface area contributed by atoms with Gasteiger partial charge in [-0.1, -0.05) is 22.4 Å². The zero-order valence-corrected chi connectivity index (χ0v) is 12.6. The van der Waals surface area contributed by atoms with Gasteiger partial charge < -0.3 is 9.47 Å². The average molecular weight is 324 g/mol. The normalized spacial score (nSPS) is 12.2. The van der Waals surface area contributed by atoms with E-state index in [4.69, 9.17) is 9.47 Å². The van der Waals surface area contributed by atoms with Crippen molar-refractivity contribution in [3.05, 3.63) is 0 Å². The van der Waals surface area contributed by atoms with E-state index in [1.165, 1.54) is 12.0 Å². The summed E-state index contributed by atoms with van der Waals surface area (Å²) in [5.74, 6) is -0.436. The highest BCUT2D eigenvalue weighted by Crippen LogP contribution is 2.13. The van der Waals surface area contributed by atoms with Crippen molar-refractivity contribution < 1.29 is 19.1 Å². The van der Waals surface area contributed by atoms with E-state index in [2.05, 4.69) is 15.9 Å². The molecular formula is C12H22BrNO4. The van der Waals surface area contributed by atoms with Crippen LogP contribution < -0.4 is 0 Å². The predicted molar refractivity (Wildman–Crippen MR) is 72.7 cm³/mol. The lowest BCUT2D eigenvalue weighted by Gasteiger charge is -2.21. The number of carbonyl (C=O) groups excluding carboxylic acids is 2. The molecule has 0 fully saturated rings. The zero-order chi connectivity index (χ0) is 13.8. The fourth-order valence-corrected chi connectivity index (χ4v) is 2.00. The summed E-state index contributed by atoms with van der Waals surface area (Å²) < 4.78 is 9.92. The quantitative estimate of drug-likeness (QED) is 0.328. The summed E-state index contributed by atoms with van der Waals surface area (Å²) in [6, 6.07) is 0. The number of alkyl halides is 1. The molecule has 0 saturated heterocycles. The molecule has 18 heavy (non-hydrogen) atoms. The van der Waals surface area contributed by atoms with E-state index < -0.39 is 0 Å². The molecule has 106 valence electrons. The van der Waals surface area contributed by atoms with Crippen molar-refractivity contribution in [2.45, 2.75) is 19.3 Å². The number of ether oxygens (including phenoxy) is 2. The molecule has 0 rings (SSSR count). The molecule has 0 heterocycles. The van der Waals surface area contributed by atoms with Crippen molar-refractivity contribution in [3.63, 3.8) is 0 Å². The largest absolute Gasteiger partial charge is 0.384 e. The summed E-state index contributed by atoms with van der Waals surface area (Å²) in [6.45, 7) is 0.988. The smallest absolute Gasteiger partial charge is 0.234 e. The predicted octanol–water partition coefficient (Wildman–Crippen LogP) is 1.45. The monoisotopic (exact) mass is 323 g/mol. The van der Waals surface area contributed by atoms with Gasteiger partial charge in [0.2, 0.25) is 12.3 Å². The van der Waals surface area contributed by atoms with Gasteiger partial charge >= 0.3 is 0 Å². The Labute approximate surface area is 117 Å². The van der Waals surface area contributed by atoms with Crippen LogP contribution in [0.3, 0.4) is 0 Å². The molecule has 0 aromatic heterocycles. The number of amides is 2. The first kappa shape index (κ1) is 17.5. The van der Waals surface area contributed by atoms with Gasteiger partial charge in [0.25, 0.3) is 0 Å². The van der Waals surface area contributed by atoms with Crippen molar-refractivity contribution in [1.29, 1.82) is 0 Å². The van der Waals surface area contributed by atoms with Crippen LogP contribution in [0.5, 0.6) is 0 Å². The highest BCUT2D eigenvalue weighted by Gasteiger charge is 2.23. The lowest BCUT2D eigenvalue weighted by Crippen LogP contribution is -2.39. The molecule has 0 spiro atoms. The molecule has 0 aromatic carbocycles. The number of imide groups is 1. The summed E-state index contributed by atoms with van der Waals surface area (Å²) in [5.41, 5.74) is 0. The highest BCUT2D eigenvalue weighted by atomic mass is 79.9. The first-order valence-electron chi connectivity index (χ1n) is 6.00. The minimum Gasteiger partial charge on any atom is -0.384 e. The van der Waals surface area contributed by atoms with E-state index in [-0.39, 0.29) is 18.4 Å². The molecule has 6 heteroatoms. The Morgan fingerprint density at radius 2 is 2.06 bits per heavy atom. The third-order valence-electron chi connectivity index (χ3n) is 2.60. The average Bonchev–Trinajstić information content (AvgIpc) is 2.38. The molecule has 0 radical (unpaired) electrons. The van der Waals surface area contributed by atoms with Gasteiger partial charge in [-0.2, -0.15) is 0 Å². The van der Waals surface area contributed by atoms with Gasteiger partial charge in [0.05, 0.1) is 25.7 Å². The van der Waals surface area contributed by atoms with Gasteiger partial charge in [0.1, 0.15) is 0 Å². The molecule has 1 atom stereocenters. The van der Waals surface area contributed by atoms with E-state index in [1.54, 1.807) is 7.11 Å². The van der Waals surface area contributed by atoms with Crippen molar-refractivity contribution in [3.8, 4) is 0 Å². The first-order chi connectivity index (χ1) is 8.71. The van der Waals surface area contributed by atoms with Crippen LogP contribution in [0.25, 0.3) is 0 Å². The van der Waals surface area contributed by atoms with Crippen LogP contribution in [0.15, 0.2) is 0 Å².